The molecule has 132 valence electrons. The first-order valence-corrected chi connectivity index (χ1v) is 9.17. The normalized spacial score (nSPS) is 24.7. The molecule has 4 rings (SSSR count). The van der Waals surface area contributed by atoms with E-state index in [0.717, 1.165) is 42.4 Å². The monoisotopic (exact) mass is 340 g/mol. The highest BCUT2D eigenvalue weighted by atomic mass is 16.6. The van der Waals surface area contributed by atoms with E-state index in [0.29, 0.717) is 30.3 Å². The highest BCUT2D eigenvalue weighted by Crippen LogP contribution is 2.39. The summed E-state index contributed by atoms with van der Waals surface area (Å²) < 4.78 is 17.2. The Kier molecular flexibility index (Phi) is 4.99. The summed E-state index contributed by atoms with van der Waals surface area (Å²) in [5.74, 6) is 1.52. The lowest BCUT2D eigenvalue weighted by Crippen LogP contribution is -2.19. The van der Waals surface area contributed by atoms with Gasteiger partial charge in [-0.25, -0.2) is 0 Å². The molecule has 1 saturated heterocycles. The zero-order valence-electron chi connectivity index (χ0n) is 14.4. The van der Waals surface area contributed by atoms with Gasteiger partial charge in [-0.05, 0) is 54.2 Å². The molecule has 25 heavy (non-hydrogen) atoms. The number of aldehydes is 1. The Balaban J connectivity index is 1.17. The van der Waals surface area contributed by atoms with Crippen molar-refractivity contribution in [3.63, 3.8) is 0 Å². The molecule has 0 N–H and O–H groups in total. The summed E-state index contributed by atoms with van der Waals surface area (Å²) in [7, 11) is 0. The fraction of sp³-hybridized carbons (Fsp3) is 0.476. The molecule has 4 heteroatoms. The predicted octanol–water partition coefficient (Wildman–Crippen LogP) is 4.01. The Labute approximate surface area is 148 Å². The van der Waals surface area contributed by atoms with Crippen molar-refractivity contribution < 1.29 is 19.0 Å². The second-order valence-corrected chi connectivity index (χ2v) is 7.06. The van der Waals surface area contributed by atoms with Gasteiger partial charge < -0.3 is 14.2 Å². The minimum Gasteiger partial charge on any atom is -0.493 e. The number of ether oxygens (including phenoxy) is 3. The van der Waals surface area contributed by atoms with E-state index >= 15 is 0 Å². The number of hydrogen-bond donors (Lipinski definition) is 0. The van der Waals surface area contributed by atoms with Crippen LogP contribution in [0.25, 0.3) is 10.8 Å². The van der Waals surface area contributed by atoms with Gasteiger partial charge in [0.15, 0.2) is 0 Å². The Hall–Kier alpha value is -1.91. The number of hydrogen-bond acceptors (Lipinski definition) is 4. The van der Waals surface area contributed by atoms with Gasteiger partial charge in [-0.3, -0.25) is 4.79 Å². The molecule has 0 spiro atoms. The van der Waals surface area contributed by atoms with Crippen LogP contribution in [0.2, 0.25) is 0 Å². The molecule has 1 aliphatic heterocycles. The van der Waals surface area contributed by atoms with Gasteiger partial charge in [0.05, 0.1) is 18.8 Å². The average Bonchev–Trinajstić information content (AvgIpc) is 3.42. The van der Waals surface area contributed by atoms with Crippen LogP contribution in [0.5, 0.6) is 5.75 Å². The standard InChI is InChI=1S/C21H24O4/c22-13-15-2-4-18-12-19(6-5-17(18)10-15)24-9-1-8-23-14-16-3-7-20-21(11-16)25-20/h2,4-6,10,12-13,16,20-21H,1,3,7-9,11,14H2. The molecule has 0 amide bonds. The summed E-state index contributed by atoms with van der Waals surface area (Å²) in [4.78, 5) is 10.8. The predicted molar refractivity (Wildman–Crippen MR) is 96.3 cm³/mol. The summed E-state index contributed by atoms with van der Waals surface area (Å²) in [5, 5.41) is 2.13. The van der Waals surface area contributed by atoms with Crippen molar-refractivity contribution in [1.82, 2.24) is 0 Å². The van der Waals surface area contributed by atoms with E-state index in [9.17, 15) is 4.79 Å². The van der Waals surface area contributed by atoms with E-state index in [1.807, 2.05) is 36.4 Å². The van der Waals surface area contributed by atoms with E-state index in [2.05, 4.69) is 0 Å². The van der Waals surface area contributed by atoms with Crippen molar-refractivity contribution in [2.24, 2.45) is 5.92 Å². The Morgan fingerprint density at radius 3 is 2.80 bits per heavy atom. The van der Waals surface area contributed by atoms with Crippen molar-refractivity contribution in [3.05, 3.63) is 42.0 Å². The lowest BCUT2D eigenvalue weighted by atomic mass is 9.90. The zero-order chi connectivity index (χ0) is 17.1. The van der Waals surface area contributed by atoms with E-state index in [-0.39, 0.29) is 0 Å². The maximum absolute atomic E-state index is 10.8. The molecule has 0 radical (unpaired) electrons. The summed E-state index contributed by atoms with van der Waals surface area (Å²) in [5.41, 5.74) is 0.694. The Bertz CT molecular complexity index is 742. The molecule has 3 unspecified atom stereocenters. The average molecular weight is 340 g/mol. The van der Waals surface area contributed by atoms with E-state index in [1.54, 1.807) is 0 Å². The minimum atomic E-state index is 0.529. The third kappa shape index (κ3) is 4.20. The van der Waals surface area contributed by atoms with Gasteiger partial charge in [-0.1, -0.05) is 18.2 Å². The molecule has 2 fully saturated rings. The number of carbonyl (C=O) groups is 1. The lowest BCUT2D eigenvalue weighted by molar-refractivity contribution is 0.0791. The first-order valence-electron chi connectivity index (χ1n) is 9.17. The van der Waals surface area contributed by atoms with Crippen molar-refractivity contribution in [3.8, 4) is 5.75 Å². The quantitative estimate of drug-likeness (QED) is 0.414. The maximum atomic E-state index is 10.8. The van der Waals surface area contributed by atoms with Crippen LogP contribution in [-0.4, -0.2) is 38.3 Å². The van der Waals surface area contributed by atoms with Crippen LogP contribution < -0.4 is 4.74 Å². The van der Waals surface area contributed by atoms with E-state index in [4.69, 9.17) is 14.2 Å². The second kappa shape index (κ2) is 7.54. The fourth-order valence-electron chi connectivity index (χ4n) is 3.64. The van der Waals surface area contributed by atoms with Crippen LogP contribution in [0.3, 0.4) is 0 Å². The van der Waals surface area contributed by atoms with E-state index < -0.39 is 0 Å². The van der Waals surface area contributed by atoms with Crippen LogP contribution in [0.1, 0.15) is 36.0 Å². The van der Waals surface area contributed by atoms with E-state index in [1.165, 1.54) is 19.3 Å². The smallest absolute Gasteiger partial charge is 0.150 e. The van der Waals surface area contributed by atoms with Crippen molar-refractivity contribution in [1.29, 1.82) is 0 Å². The Morgan fingerprint density at radius 2 is 1.92 bits per heavy atom. The summed E-state index contributed by atoms with van der Waals surface area (Å²) in [6, 6.07) is 11.6. The molecule has 1 saturated carbocycles. The molecular formula is C21H24O4. The molecule has 0 bridgehead atoms. The minimum absolute atomic E-state index is 0.529. The summed E-state index contributed by atoms with van der Waals surface area (Å²) >= 11 is 0. The third-order valence-electron chi connectivity index (χ3n) is 5.14. The zero-order valence-corrected chi connectivity index (χ0v) is 14.4. The molecule has 2 aromatic carbocycles. The topological polar surface area (TPSA) is 48.1 Å². The van der Waals surface area contributed by atoms with Gasteiger partial charge in [-0.15, -0.1) is 0 Å². The maximum Gasteiger partial charge on any atom is 0.150 e. The second-order valence-electron chi connectivity index (χ2n) is 7.06. The third-order valence-corrected chi connectivity index (χ3v) is 5.14. The molecule has 3 atom stereocenters. The van der Waals surface area contributed by atoms with Gasteiger partial charge in [0.25, 0.3) is 0 Å². The largest absolute Gasteiger partial charge is 0.493 e. The number of epoxide rings is 1. The number of benzene rings is 2. The van der Waals surface area contributed by atoms with Crippen LogP contribution in [0.15, 0.2) is 36.4 Å². The van der Waals surface area contributed by atoms with Gasteiger partial charge in [0, 0.05) is 25.2 Å². The number of carbonyl (C=O) groups excluding carboxylic acids is 1. The fourth-order valence-corrected chi connectivity index (χ4v) is 3.64. The van der Waals surface area contributed by atoms with Gasteiger partial charge in [-0.2, -0.15) is 0 Å². The van der Waals surface area contributed by atoms with Crippen molar-refractivity contribution in [2.45, 2.75) is 37.9 Å². The highest BCUT2D eigenvalue weighted by molar-refractivity contribution is 5.89. The van der Waals surface area contributed by atoms with Gasteiger partial charge in [0.1, 0.15) is 12.0 Å². The lowest BCUT2D eigenvalue weighted by Gasteiger charge is -2.18. The van der Waals surface area contributed by atoms with Crippen LogP contribution in [-0.2, 0) is 9.47 Å². The Morgan fingerprint density at radius 1 is 1.04 bits per heavy atom. The molecular weight excluding hydrogens is 316 g/mol. The highest BCUT2D eigenvalue weighted by Gasteiger charge is 2.43. The molecule has 2 aromatic rings. The SMILES string of the molecule is O=Cc1ccc2cc(OCCCOCC3CCC4OC4C3)ccc2c1. The molecule has 4 nitrogen and oxygen atoms in total. The van der Waals surface area contributed by atoms with Crippen LogP contribution >= 0.6 is 0 Å². The van der Waals surface area contributed by atoms with Crippen LogP contribution in [0, 0.1) is 5.92 Å². The van der Waals surface area contributed by atoms with Gasteiger partial charge >= 0.3 is 0 Å². The summed E-state index contributed by atoms with van der Waals surface area (Å²) in [6.07, 6.45) is 6.46. The molecule has 0 aromatic heterocycles. The number of fused-ring (bicyclic) bond motifs is 2. The van der Waals surface area contributed by atoms with Crippen molar-refractivity contribution >= 4 is 17.1 Å². The molecule has 1 aliphatic carbocycles. The number of rotatable bonds is 8. The first-order chi connectivity index (χ1) is 12.3. The summed E-state index contributed by atoms with van der Waals surface area (Å²) in [6.45, 7) is 2.24. The van der Waals surface area contributed by atoms with Crippen LogP contribution in [0.4, 0.5) is 0 Å². The van der Waals surface area contributed by atoms with Gasteiger partial charge in [0.2, 0.25) is 0 Å². The molecule has 2 aliphatic rings. The molecule has 1 heterocycles. The van der Waals surface area contributed by atoms with Crippen molar-refractivity contribution in [2.75, 3.05) is 19.8 Å². The first kappa shape index (κ1) is 16.6.